The summed E-state index contributed by atoms with van der Waals surface area (Å²) in [5.41, 5.74) is 1.22. The van der Waals surface area contributed by atoms with Crippen LogP contribution in [0.15, 0.2) is 35.4 Å². The zero-order valence-corrected chi connectivity index (χ0v) is 13.6. The Morgan fingerprint density at radius 3 is 2.65 bits per heavy atom. The van der Waals surface area contributed by atoms with Crippen LogP contribution in [-0.4, -0.2) is 35.5 Å². The maximum atomic E-state index is 12.8. The topological polar surface area (TPSA) is 53.0 Å². The van der Waals surface area contributed by atoms with Crippen LogP contribution < -0.4 is 5.01 Å². The van der Waals surface area contributed by atoms with Crippen LogP contribution in [0.3, 0.4) is 0 Å². The Morgan fingerprint density at radius 1 is 1.26 bits per heavy atom. The molecular weight excluding hydrogens is 290 g/mol. The Kier molecular flexibility index (Phi) is 4.74. The summed E-state index contributed by atoms with van der Waals surface area (Å²) in [5.74, 6) is 0.589. The van der Waals surface area contributed by atoms with Crippen LogP contribution in [0.5, 0.6) is 0 Å². The summed E-state index contributed by atoms with van der Waals surface area (Å²) in [6.07, 6.45) is 4.14. The lowest BCUT2D eigenvalue weighted by Crippen LogP contribution is -2.42. The number of benzene rings is 1. The van der Waals surface area contributed by atoms with Crippen molar-refractivity contribution in [3.8, 4) is 0 Å². The molecule has 3 rings (SSSR count). The quantitative estimate of drug-likeness (QED) is 0.811. The fourth-order valence-corrected chi connectivity index (χ4v) is 2.82. The van der Waals surface area contributed by atoms with Gasteiger partial charge in [0.2, 0.25) is 5.91 Å². The maximum absolute atomic E-state index is 12.8. The third-order valence-corrected chi connectivity index (χ3v) is 4.24. The predicted molar refractivity (Wildman–Crippen MR) is 90.2 cm³/mol. The van der Waals surface area contributed by atoms with E-state index in [1.54, 1.807) is 0 Å². The number of para-hydroxylation sites is 1. The first-order chi connectivity index (χ1) is 11.2. The van der Waals surface area contributed by atoms with E-state index >= 15 is 0 Å². The molecule has 2 aliphatic rings. The van der Waals surface area contributed by atoms with Gasteiger partial charge in [-0.25, -0.2) is 5.01 Å². The van der Waals surface area contributed by atoms with Crippen LogP contribution in [0.2, 0.25) is 0 Å². The first-order valence-corrected chi connectivity index (χ1v) is 8.43. The van der Waals surface area contributed by atoms with Crippen molar-refractivity contribution in [3.05, 3.63) is 30.3 Å². The van der Waals surface area contributed by atoms with Gasteiger partial charge in [-0.3, -0.25) is 9.59 Å². The van der Waals surface area contributed by atoms with Crippen molar-refractivity contribution in [2.75, 3.05) is 18.1 Å². The Bertz CT molecular complexity index is 608. The fraction of sp³-hybridized carbons (Fsp3) is 0.500. The molecule has 1 aliphatic heterocycles. The molecule has 0 bridgehead atoms. The predicted octanol–water partition coefficient (Wildman–Crippen LogP) is 2.82. The molecule has 0 N–H and O–H groups in total. The number of rotatable bonds is 6. The van der Waals surface area contributed by atoms with Crippen LogP contribution in [0.25, 0.3) is 0 Å². The minimum Gasteiger partial charge on any atom is -0.337 e. The highest BCUT2D eigenvalue weighted by Gasteiger charge is 2.31. The average Bonchev–Trinajstić information content (AvgIpc) is 3.39. The van der Waals surface area contributed by atoms with Gasteiger partial charge < -0.3 is 4.90 Å². The van der Waals surface area contributed by atoms with Gasteiger partial charge in [-0.2, -0.15) is 5.10 Å². The molecule has 0 aromatic heterocycles. The van der Waals surface area contributed by atoms with E-state index in [2.05, 4.69) is 12.0 Å². The number of hydrogen-bond donors (Lipinski definition) is 0. The van der Waals surface area contributed by atoms with Crippen LogP contribution in [0.4, 0.5) is 5.69 Å². The molecule has 0 atom stereocenters. The van der Waals surface area contributed by atoms with E-state index in [0.29, 0.717) is 30.2 Å². The Morgan fingerprint density at radius 2 is 2.00 bits per heavy atom. The number of anilines is 1. The number of hydrazone groups is 1. The van der Waals surface area contributed by atoms with Crippen molar-refractivity contribution in [2.24, 2.45) is 11.0 Å². The van der Waals surface area contributed by atoms with Crippen molar-refractivity contribution in [1.82, 2.24) is 4.90 Å². The van der Waals surface area contributed by atoms with Gasteiger partial charge in [0, 0.05) is 25.9 Å². The summed E-state index contributed by atoms with van der Waals surface area (Å²) >= 11 is 0. The molecule has 0 radical (unpaired) electrons. The van der Waals surface area contributed by atoms with Gasteiger partial charge in [0.05, 0.1) is 5.69 Å². The number of carbonyl (C=O) groups excluding carboxylic acids is 2. The third-order valence-electron chi connectivity index (χ3n) is 4.24. The maximum Gasteiger partial charge on any atom is 0.270 e. The molecule has 2 amide bonds. The van der Waals surface area contributed by atoms with Gasteiger partial charge in [-0.05, 0) is 37.3 Å². The third kappa shape index (κ3) is 3.78. The van der Waals surface area contributed by atoms with Crippen molar-refractivity contribution >= 4 is 23.2 Å². The Labute approximate surface area is 137 Å². The summed E-state index contributed by atoms with van der Waals surface area (Å²) in [4.78, 5) is 26.8. The van der Waals surface area contributed by atoms with Crippen LogP contribution in [-0.2, 0) is 9.59 Å². The van der Waals surface area contributed by atoms with Crippen LogP contribution in [0.1, 0.15) is 39.0 Å². The lowest BCUT2D eigenvalue weighted by molar-refractivity contribution is -0.124. The zero-order valence-electron chi connectivity index (χ0n) is 13.6. The summed E-state index contributed by atoms with van der Waals surface area (Å²) < 4.78 is 0. The normalized spacial score (nSPS) is 17.9. The molecule has 1 heterocycles. The lowest BCUT2D eigenvalue weighted by atomic mass is 10.1. The molecule has 1 saturated carbocycles. The van der Waals surface area contributed by atoms with E-state index < -0.39 is 0 Å². The van der Waals surface area contributed by atoms with E-state index in [4.69, 9.17) is 0 Å². The van der Waals surface area contributed by atoms with Gasteiger partial charge in [0.1, 0.15) is 5.71 Å². The first-order valence-electron chi connectivity index (χ1n) is 8.43. The van der Waals surface area contributed by atoms with Gasteiger partial charge in [-0.1, -0.05) is 25.1 Å². The van der Waals surface area contributed by atoms with Crippen molar-refractivity contribution in [2.45, 2.75) is 39.0 Å². The number of carbonyl (C=O) groups is 2. The van der Waals surface area contributed by atoms with E-state index in [-0.39, 0.29) is 11.8 Å². The van der Waals surface area contributed by atoms with Crippen LogP contribution in [0, 0.1) is 5.92 Å². The molecule has 1 fully saturated rings. The summed E-state index contributed by atoms with van der Waals surface area (Å²) in [7, 11) is 0. The lowest BCUT2D eigenvalue weighted by Gasteiger charge is -2.27. The second-order valence-corrected chi connectivity index (χ2v) is 6.28. The molecule has 0 saturated heterocycles. The van der Waals surface area contributed by atoms with E-state index in [0.717, 1.165) is 19.5 Å². The summed E-state index contributed by atoms with van der Waals surface area (Å²) in [6, 6.07) is 9.30. The minimum absolute atomic E-state index is 0.00724. The highest BCUT2D eigenvalue weighted by Crippen LogP contribution is 2.30. The molecule has 23 heavy (non-hydrogen) atoms. The number of hydrogen-bond acceptors (Lipinski definition) is 3. The molecule has 0 spiro atoms. The van der Waals surface area contributed by atoms with Crippen LogP contribution >= 0.6 is 0 Å². The Hall–Kier alpha value is -2.17. The van der Waals surface area contributed by atoms with Crippen molar-refractivity contribution < 1.29 is 9.59 Å². The molecule has 0 unspecified atom stereocenters. The Balaban J connectivity index is 1.79. The largest absolute Gasteiger partial charge is 0.337 e. The summed E-state index contributed by atoms with van der Waals surface area (Å²) in [6.45, 7) is 3.66. The second kappa shape index (κ2) is 6.94. The molecule has 5 nitrogen and oxygen atoms in total. The van der Waals surface area contributed by atoms with Crippen molar-refractivity contribution in [1.29, 1.82) is 0 Å². The molecular formula is C18H23N3O2. The van der Waals surface area contributed by atoms with Gasteiger partial charge >= 0.3 is 0 Å². The molecule has 1 aromatic carbocycles. The zero-order chi connectivity index (χ0) is 16.2. The number of nitrogens with zero attached hydrogens (tertiary/aromatic N) is 3. The molecule has 5 heteroatoms. The first kappa shape index (κ1) is 15.7. The molecule has 1 aliphatic carbocycles. The van der Waals surface area contributed by atoms with Gasteiger partial charge in [-0.15, -0.1) is 0 Å². The molecule has 1 aromatic rings. The van der Waals surface area contributed by atoms with E-state index in [9.17, 15) is 9.59 Å². The molecule has 122 valence electrons. The van der Waals surface area contributed by atoms with Gasteiger partial charge in [0.15, 0.2) is 0 Å². The van der Waals surface area contributed by atoms with E-state index in [1.165, 1.54) is 17.9 Å². The highest BCUT2D eigenvalue weighted by atomic mass is 16.2. The average molecular weight is 313 g/mol. The van der Waals surface area contributed by atoms with E-state index in [1.807, 2.05) is 35.2 Å². The fourth-order valence-electron chi connectivity index (χ4n) is 2.82. The smallest absolute Gasteiger partial charge is 0.270 e. The van der Waals surface area contributed by atoms with Crippen molar-refractivity contribution in [3.63, 3.8) is 0 Å². The minimum atomic E-state index is -0.0583. The number of amides is 2. The highest BCUT2D eigenvalue weighted by molar-refractivity contribution is 6.40. The summed E-state index contributed by atoms with van der Waals surface area (Å²) in [5, 5.41) is 5.75. The van der Waals surface area contributed by atoms with Gasteiger partial charge in [0.25, 0.3) is 5.91 Å². The monoisotopic (exact) mass is 313 g/mol. The SMILES string of the molecule is CCCN(CC1CC1)C(=O)C1=NN(c2ccccc2)C(=O)CC1. The standard InChI is InChI=1S/C18H23N3O2/c1-2-12-20(13-14-8-9-14)18(23)16-10-11-17(22)21(19-16)15-6-4-3-5-7-15/h3-7,14H,2,8-13H2,1H3. The second-order valence-electron chi connectivity index (χ2n) is 6.28.